The number of carbonyl (C=O) groups excluding carboxylic acids is 2. The molecule has 0 fully saturated rings. The molecule has 3 rings (SSSR count). The lowest BCUT2D eigenvalue weighted by Crippen LogP contribution is -2.27. The number of nitrogens with zero attached hydrogens (tertiary/aromatic N) is 1. The molecule has 0 aliphatic heterocycles. The van der Waals surface area contributed by atoms with Gasteiger partial charge in [0.1, 0.15) is 15.5 Å². The van der Waals surface area contributed by atoms with Crippen molar-refractivity contribution in [2.45, 2.75) is 11.8 Å². The van der Waals surface area contributed by atoms with E-state index in [0.717, 1.165) is 16.9 Å². The zero-order valence-electron chi connectivity index (χ0n) is 17.8. The first kappa shape index (κ1) is 23.3. The molecule has 168 valence electrons. The fourth-order valence-corrected chi connectivity index (χ4v) is 4.99. The third kappa shape index (κ3) is 5.86. The van der Waals surface area contributed by atoms with Crippen molar-refractivity contribution in [2.75, 3.05) is 30.7 Å². The van der Waals surface area contributed by atoms with Gasteiger partial charge >= 0.3 is 0 Å². The van der Waals surface area contributed by atoms with Crippen LogP contribution in [0, 0.1) is 6.92 Å². The van der Waals surface area contributed by atoms with Gasteiger partial charge in [0.25, 0.3) is 21.8 Å². The van der Waals surface area contributed by atoms with Crippen molar-refractivity contribution in [3.05, 3.63) is 70.4 Å². The van der Waals surface area contributed by atoms with Crippen LogP contribution in [0.4, 0.5) is 11.4 Å². The Kier molecular flexibility index (Phi) is 7.16. The number of sulfonamides is 1. The molecule has 0 unspecified atom stereocenters. The highest BCUT2D eigenvalue weighted by Crippen LogP contribution is 2.26. The van der Waals surface area contributed by atoms with Gasteiger partial charge in [-0.3, -0.25) is 14.3 Å². The van der Waals surface area contributed by atoms with Crippen molar-refractivity contribution in [3.8, 4) is 5.75 Å². The summed E-state index contributed by atoms with van der Waals surface area (Å²) in [6, 6.07) is 14.8. The van der Waals surface area contributed by atoms with Gasteiger partial charge in [0.15, 0.2) is 6.61 Å². The van der Waals surface area contributed by atoms with Crippen LogP contribution in [0.5, 0.6) is 5.75 Å². The van der Waals surface area contributed by atoms with Crippen LogP contribution in [0.15, 0.2) is 64.9 Å². The van der Waals surface area contributed by atoms with Crippen molar-refractivity contribution in [2.24, 2.45) is 0 Å². The van der Waals surface area contributed by atoms with Crippen molar-refractivity contribution < 1.29 is 22.7 Å². The highest BCUT2D eigenvalue weighted by Gasteiger charge is 2.24. The number of ether oxygens (including phenoxy) is 1. The van der Waals surface area contributed by atoms with Crippen molar-refractivity contribution in [3.63, 3.8) is 0 Å². The highest BCUT2D eigenvalue weighted by molar-refractivity contribution is 7.93. The Bertz CT molecular complexity index is 1200. The molecule has 0 aliphatic rings. The molecule has 8 nitrogen and oxygen atoms in total. The van der Waals surface area contributed by atoms with Gasteiger partial charge < -0.3 is 15.0 Å². The first-order valence-corrected chi connectivity index (χ1v) is 11.9. The fourth-order valence-electron chi connectivity index (χ4n) is 2.60. The van der Waals surface area contributed by atoms with E-state index in [9.17, 15) is 18.0 Å². The summed E-state index contributed by atoms with van der Waals surface area (Å²) in [6.07, 6.45) is 0. The van der Waals surface area contributed by atoms with Gasteiger partial charge in [0.05, 0.1) is 0 Å². The van der Waals surface area contributed by atoms with E-state index in [1.165, 1.54) is 11.0 Å². The second-order valence-electron chi connectivity index (χ2n) is 7.14. The van der Waals surface area contributed by atoms with E-state index in [1.807, 2.05) is 6.92 Å². The Hall–Kier alpha value is -3.37. The Morgan fingerprint density at radius 1 is 0.969 bits per heavy atom. The van der Waals surface area contributed by atoms with Gasteiger partial charge in [-0.25, -0.2) is 8.42 Å². The molecule has 32 heavy (non-hydrogen) atoms. The summed E-state index contributed by atoms with van der Waals surface area (Å²) in [5, 5.41) is 4.24. The summed E-state index contributed by atoms with van der Waals surface area (Å²) in [7, 11) is -0.659. The van der Waals surface area contributed by atoms with Crippen molar-refractivity contribution >= 4 is 44.5 Å². The maximum Gasteiger partial charge on any atom is 0.267 e. The molecule has 3 aromatic rings. The molecule has 0 bridgehead atoms. The van der Waals surface area contributed by atoms with Crippen LogP contribution in [-0.4, -0.2) is 45.8 Å². The largest absolute Gasteiger partial charge is 0.484 e. The van der Waals surface area contributed by atoms with Crippen LogP contribution < -0.4 is 14.8 Å². The van der Waals surface area contributed by atoms with Crippen LogP contribution in [0.3, 0.4) is 0 Å². The quantitative estimate of drug-likeness (QED) is 0.520. The molecular weight excluding hydrogens is 450 g/mol. The second kappa shape index (κ2) is 9.84. The summed E-state index contributed by atoms with van der Waals surface area (Å²) in [4.78, 5) is 25.7. The predicted octanol–water partition coefficient (Wildman–Crippen LogP) is 3.58. The molecule has 0 aliphatic carbocycles. The first-order valence-electron chi connectivity index (χ1n) is 9.57. The van der Waals surface area contributed by atoms with Gasteiger partial charge in [-0.2, -0.15) is 0 Å². The lowest BCUT2D eigenvalue weighted by atomic mass is 10.2. The average Bonchev–Trinajstić information content (AvgIpc) is 3.26. The highest BCUT2D eigenvalue weighted by atomic mass is 32.2. The minimum absolute atomic E-state index is 0.0708. The van der Waals surface area contributed by atoms with Gasteiger partial charge in [-0.05, 0) is 54.8 Å². The Morgan fingerprint density at radius 3 is 2.22 bits per heavy atom. The predicted molar refractivity (Wildman–Crippen MR) is 125 cm³/mol. The molecule has 0 atom stereocenters. The second-order valence-corrected chi connectivity index (χ2v) is 9.71. The monoisotopic (exact) mass is 473 g/mol. The number of amides is 2. The molecule has 0 saturated carbocycles. The first-order chi connectivity index (χ1) is 15.2. The molecule has 2 aromatic carbocycles. The molecule has 2 N–H and O–H groups in total. The van der Waals surface area contributed by atoms with Crippen LogP contribution in [0.1, 0.15) is 15.2 Å². The van der Waals surface area contributed by atoms with Crippen molar-refractivity contribution in [1.82, 2.24) is 4.90 Å². The fraction of sp³-hybridized carbons (Fsp3) is 0.182. The minimum Gasteiger partial charge on any atom is -0.484 e. The summed E-state index contributed by atoms with van der Waals surface area (Å²) in [6.45, 7) is 1.81. The van der Waals surface area contributed by atoms with E-state index >= 15 is 0 Å². The van der Waals surface area contributed by atoms with E-state index in [-0.39, 0.29) is 22.3 Å². The molecule has 10 heteroatoms. The number of carbonyl (C=O) groups is 2. The molecule has 0 spiro atoms. The molecule has 1 aromatic heterocycles. The zero-order chi connectivity index (χ0) is 23.3. The number of hydrogen-bond acceptors (Lipinski definition) is 6. The third-order valence-corrected chi connectivity index (χ3v) is 6.87. The summed E-state index contributed by atoms with van der Waals surface area (Å²) >= 11 is 1.04. The van der Waals surface area contributed by atoms with E-state index in [0.29, 0.717) is 17.1 Å². The number of benzene rings is 2. The summed E-state index contributed by atoms with van der Waals surface area (Å²) < 4.78 is 33.5. The Morgan fingerprint density at radius 2 is 1.59 bits per heavy atom. The topological polar surface area (TPSA) is 105 Å². The molecular formula is C22H23N3O5S2. The van der Waals surface area contributed by atoms with Crippen LogP contribution >= 0.6 is 11.3 Å². The molecule has 1 heterocycles. The van der Waals surface area contributed by atoms with Gasteiger partial charge in [-0.1, -0.05) is 17.7 Å². The Balaban J connectivity index is 1.68. The van der Waals surface area contributed by atoms with Gasteiger partial charge in [0, 0.05) is 25.5 Å². The number of thiophene rings is 1. The lowest BCUT2D eigenvalue weighted by molar-refractivity contribution is -0.130. The van der Waals surface area contributed by atoms with Gasteiger partial charge in [0.2, 0.25) is 0 Å². The summed E-state index contributed by atoms with van der Waals surface area (Å²) in [5.74, 6) is -0.242. The maximum absolute atomic E-state index is 12.8. The SMILES string of the molecule is Cc1ccc(NS(=O)(=O)c2ccsc2C(=O)Nc2ccc(OCC(=O)N(C)C)cc2)cc1. The third-order valence-electron chi connectivity index (χ3n) is 4.40. The zero-order valence-corrected chi connectivity index (χ0v) is 19.4. The van der Waals surface area contributed by atoms with E-state index in [2.05, 4.69) is 10.0 Å². The van der Waals surface area contributed by atoms with Crippen LogP contribution in [0.2, 0.25) is 0 Å². The van der Waals surface area contributed by atoms with Crippen LogP contribution in [-0.2, 0) is 14.8 Å². The van der Waals surface area contributed by atoms with Gasteiger partial charge in [-0.15, -0.1) is 11.3 Å². The van der Waals surface area contributed by atoms with E-state index < -0.39 is 15.9 Å². The standard InChI is InChI=1S/C22H23N3O5S2/c1-15-4-6-17(7-5-15)24-32(28,29)19-12-13-31-21(19)22(27)23-16-8-10-18(11-9-16)30-14-20(26)25(2)3/h4-13,24H,14H2,1-3H3,(H,23,27). The molecule has 0 radical (unpaired) electrons. The van der Waals surface area contributed by atoms with E-state index in [4.69, 9.17) is 4.74 Å². The van der Waals surface area contributed by atoms with Crippen molar-refractivity contribution in [1.29, 1.82) is 0 Å². The number of nitrogens with one attached hydrogen (secondary N) is 2. The average molecular weight is 474 g/mol. The number of aryl methyl sites for hydroxylation is 1. The Labute approximate surface area is 190 Å². The number of likely N-dealkylation sites (N-methyl/N-ethyl adjacent to an activating group) is 1. The molecule has 0 saturated heterocycles. The number of hydrogen-bond donors (Lipinski definition) is 2. The minimum atomic E-state index is -3.94. The lowest BCUT2D eigenvalue weighted by Gasteiger charge is -2.12. The normalized spacial score (nSPS) is 11.0. The maximum atomic E-state index is 12.8. The number of anilines is 2. The summed E-state index contributed by atoms with van der Waals surface area (Å²) in [5.41, 5.74) is 1.88. The number of rotatable bonds is 8. The van der Waals surface area contributed by atoms with Crippen LogP contribution in [0.25, 0.3) is 0 Å². The molecule has 2 amide bonds. The smallest absolute Gasteiger partial charge is 0.267 e. The van der Waals surface area contributed by atoms with E-state index in [1.54, 1.807) is 68.0 Å².